The van der Waals surface area contributed by atoms with Crippen LogP contribution >= 0.6 is 11.8 Å². The average Bonchev–Trinajstić information content (AvgIpc) is 2.84. The highest BCUT2D eigenvalue weighted by Crippen LogP contribution is 2.37. The van der Waals surface area contributed by atoms with E-state index in [2.05, 4.69) is 12.2 Å². The molecular formula is C21H22N2O4S. The maximum atomic E-state index is 12.7. The number of anilines is 2. The third kappa shape index (κ3) is 4.92. The van der Waals surface area contributed by atoms with E-state index in [9.17, 15) is 14.4 Å². The number of para-hydroxylation sites is 1. The van der Waals surface area contributed by atoms with Gasteiger partial charge in [-0.1, -0.05) is 19.1 Å². The fourth-order valence-electron chi connectivity index (χ4n) is 2.93. The highest BCUT2D eigenvalue weighted by Gasteiger charge is 2.25. The lowest BCUT2D eigenvalue weighted by Gasteiger charge is -2.22. The van der Waals surface area contributed by atoms with Crippen molar-refractivity contribution in [3.05, 3.63) is 54.1 Å². The van der Waals surface area contributed by atoms with Gasteiger partial charge in [-0.3, -0.25) is 9.59 Å². The quantitative estimate of drug-likeness (QED) is 0.795. The summed E-state index contributed by atoms with van der Waals surface area (Å²) in [5.41, 5.74) is 1.77. The zero-order valence-electron chi connectivity index (χ0n) is 15.8. The summed E-state index contributed by atoms with van der Waals surface area (Å²) in [5.74, 6) is -1.01. The van der Waals surface area contributed by atoms with Crippen molar-refractivity contribution >= 4 is 40.9 Å². The number of rotatable bonds is 4. The molecule has 0 aliphatic carbocycles. The van der Waals surface area contributed by atoms with Crippen LogP contribution in [0.25, 0.3) is 0 Å². The van der Waals surface area contributed by atoms with Gasteiger partial charge < -0.3 is 15.0 Å². The zero-order chi connectivity index (χ0) is 20.1. The molecule has 0 bridgehead atoms. The van der Waals surface area contributed by atoms with Crippen LogP contribution in [0.4, 0.5) is 11.4 Å². The molecule has 2 aromatic rings. The summed E-state index contributed by atoms with van der Waals surface area (Å²) >= 11 is 1.75. The first-order valence-corrected chi connectivity index (χ1v) is 9.93. The Morgan fingerprint density at radius 3 is 2.57 bits per heavy atom. The Labute approximate surface area is 168 Å². The summed E-state index contributed by atoms with van der Waals surface area (Å²) < 4.78 is 5.22. The molecule has 1 aliphatic heterocycles. The second kappa shape index (κ2) is 8.93. The van der Waals surface area contributed by atoms with Crippen molar-refractivity contribution in [3.63, 3.8) is 0 Å². The average molecular weight is 398 g/mol. The van der Waals surface area contributed by atoms with E-state index in [0.717, 1.165) is 17.0 Å². The molecule has 0 saturated carbocycles. The monoisotopic (exact) mass is 398 g/mol. The molecular weight excluding hydrogens is 376 g/mol. The first-order chi connectivity index (χ1) is 13.4. The maximum absolute atomic E-state index is 12.7. The van der Waals surface area contributed by atoms with Crippen LogP contribution in [0.1, 0.15) is 30.6 Å². The van der Waals surface area contributed by atoms with Crippen LogP contribution in [0, 0.1) is 0 Å². The third-order valence-corrected chi connectivity index (χ3v) is 5.55. The number of thioether (sulfide) groups is 1. The predicted molar refractivity (Wildman–Crippen MR) is 110 cm³/mol. The van der Waals surface area contributed by atoms with Gasteiger partial charge in [0, 0.05) is 29.3 Å². The van der Waals surface area contributed by atoms with E-state index in [4.69, 9.17) is 4.74 Å². The molecule has 1 aliphatic rings. The standard InChI is InChI=1S/C21H22N2O4S/c1-14-11-12-23(18-5-3-4-6-19(18)28-14)20(25)13-27-21(26)16-7-9-17(10-8-16)22-15(2)24/h3-10,14H,11-13H2,1-2H3,(H,22,24). The van der Waals surface area contributed by atoms with Crippen LogP contribution < -0.4 is 10.2 Å². The zero-order valence-corrected chi connectivity index (χ0v) is 16.6. The van der Waals surface area contributed by atoms with Crippen molar-refractivity contribution in [1.82, 2.24) is 0 Å². The van der Waals surface area contributed by atoms with Gasteiger partial charge in [0.25, 0.3) is 5.91 Å². The van der Waals surface area contributed by atoms with E-state index in [1.807, 2.05) is 24.3 Å². The Morgan fingerprint density at radius 2 is 1.86 bits per heavy atom. The minimum absolute atomic E-state index is 0.189. The van der Waals surface area contributed by atoms with Crippen LogP contribution in [0.2, 0.25) is 0 Å². The van der Waals surface area contributed by atoms with Crippen LogP contribution in [0.15, 0.2) is 53.4 Å². The molecule has 6 nitrogen and oxygen atoms in total. The minimum atomic E-state index is -0.575. The van der Waals surface area contributed by atoms with Gasteiger partial charge >= 0.3 is 5.97 Å². The number of carbonyl (C=O) groups excluding carboxylic acids is 3. The number of fused-ring (bicyclic) bond motifs is 1. The van der Waals surface area contributed by atoms with Gasteiger partial charge in [0.1, 0.15) is 0 Å². The summed E-state index contributed by atoms with van der Waals surface area (Å²) in [6, 6.07) is 14.1. The summed E-state index contributed by atoms with van der Waals surface area (Å²) in [6.07, 6.45) is 0.865. The molecule has 0 radical (unpaired) electrons. The van der Waals surface area contributed by atoms with Gasteiger partial charge in [-0.05, 0) is 42.8 Å². The number of esters is 1. The molecule has 1 unspecified atom stereocenters. The molecule has 3 rings (SSSR count). The van der Waals surface area contributed by atoms with Crippen LogP contribution in [0.5, 0.6) is 0 Å². The number of nitrogens with zero attached hydrogens (tertiary/aromatic N) is 1. The molecule has 1 atom stereocenters. The summed E-state index contributed by atoms with van der Waals surface area (Å²) in [5, 5.41) is 3.04. The topological polar surface area (TPSA) is 75.7 Å². The minimum Gasteiger partial charge on any atom is -0.452 e. The third-order valence-electron chi connectivity index (χ3n) is 4.31. The Balaban J connectivity index is 1.63. The van der Waals surface area contributed by atoms with Crippen molar-refractivity contribution < 1.29 is 19.1 Å². The predicted octanol–water partition coefficient (Wildman–Crippen LogP) is 3.72. The fourth-order valence-corrected chi connectivity index (χ4v) is 4.04. The Kier molecular flexibility index (Phi) is 6.36. The van der Waals surface area contributed by atoms with Crippen LogP contribution in [-0.2, 0) is 14.3 Å². The van der Waals surface area contributed by atoms with Gasteiger partial charge in [-0.2, -0.15) is 0 Å². The molecule has 0 spiro atoms. The van der Waals surface area contributed by atoms with E-state index < -0.39 is 5.97 Å². The van der Waals surface area contributed by atoms with Crippen LogP contribution in [-0.4, -0.2) is 36.2 Å². The smallest absolute Gasteiger partial charge is 0.338 e. The molecule has 0 aromatic heterocycles. The lowest BCUT2D eigenvalue weighted by atomic mass is 10.2. The van der Waals surface area contributed by atoms with Crippen molar-refractivity contribution in [2.24, 2.45) is 0 Å². The van der Waals surface area contributed by atoms with Gasteiger partial charge in [-0.15, -0.1) is 11.8 Å². The van der Waals surface area contributed by atoms with Gasteiger partial charge in [-0.25, -0.2) is 4.79 Å². The Morgan fingerprint density at radius 1 is 1.14 bits per heavy atom. The van der Waals surface area contributed by atoms with Gasteiger partial charge in [0.15, 0.2) is 6.61 Å². The number of amides is 2. The maximum Gasteiger partial charge on any atom is 0.338 e. The largest absolute Gasteiger partial charge is 0.452 e. The molecule has 1 N–H and O–H groups in total. The lowest BCUT2D eigenvalue weighted by molar-refractivity contribution is -0.121. The van der Waals surface area contributed by atoms with Crippen molar-refractivity contribution in [3.8, 4) is 0 Å². The van der Waals surface area contributed by atoms with E-state index >= 15 is 0 Å². The highest BCUT2D eigenvalue weighted by molar-refractivity contribution is 8.00. The molecule has 2 aromatic carbocycles. The molecule has 0 fully saturated rings. The molecule has 146 valence electrons. The van der Waals surface area contributed by atoms with Crippen molar-refractivity contribution in [1.29, 1.82) is 0 Å². The highest BCUT2D eigenvalue weighted by atomic mass is 32.2. The lowest BCUT2D eigenvalue weighted by Crippen LogP contribution is -2.35. The van der Waals surface area contributed by atoms with Crippen molar-refractivity contribution in [2.75, 3.05) is 23.4 Å². The second-order valence-electron chi connectivity index (χ2n) is 6.56. The fraction of sp³-hybridized carbons (Fsp3) is 0.286. The summed E-state index contributed by atoms with van der Waals surface area (Å²) in [4.78, 5) is 38.8. The van der Waals surface area contributed by atoms with E-state index in [1.54, 1.807) is 40.9 Å². The molecule has 1 heterocycles. The first kappa shape index (κ1) is 19.9. The second-order valence-corrected chi connectivity index (χ2v) is 8.05. The number of hydrogen-bond acceptors (Lipinski definition) is 5. The van der Waals surface area contributed by atoms with E-state index in [1.165, 1.54) is 6.92 Å². The Hall–Kier alpha value is -2.80. The van der Waals surface area contributed by atoms with Crippen molar-refractivity contribution in [2.45, 2.75) is 30.4 Å². The van der Waals surface area contributed by atoms with E-state index in [0.29, 0.717) is 23.0 Å². The number of benzene rings is 2. The number of nitrogens with one attached hydrogen (secondary N) is 1. The first-order valence-electron chi connectivity index (χ1n) is 9.05. The number of hydrogen-bond donors (Lipinski definition) is 1. The number of ether oxygens (including phenoxy) is 1. The SMILES string of the molecule is CC(=O)Nc1ccc(C(=O)OCC(=O)N2CCC(C)Sc3ccccc32)cc1. The summed E-state index contributed by atoms with van der Waals surface area (Å²) in [6.45, 7) is 3.82. The molecule has 28 heavy (non-hydrogen) atoms. The molecule has 2 amide bonds. The molecule has 0 saturated heterocycles. The van der Waals surface area contributed by atoms with Gasteiger partial charge in [0.2, 0.25) is 5.91 Å². The van der Waals surface area contributed by atoms with E-state index in [-0.39, 0.29) is 18.4 Å². The number of carbonyl (C=O) groups is 3. The Bertz CT molecular complexity index is 882. The normalized spacial score (nSPS) is 15.9. The van der Waals surface area contributed by atoms with Gasteiger partial charge in [0.05, 0.1) is 11.3 Å². The van der Waals surface area contributed by atoms with Crippen LogP contribution in [0.3, 0.4) is 0 Å². The summed E-state index contributed by atoms with van der Waals surface area (Å²) in [7, 11) is 0. The molecule has 7 heteroatoms.